The zero-order valence-electron chi connectivity index (χ0n) is 9.45. The molecule has 1 aromatic carbocycles. The highest BCUT2D eigenvalue weighted by molar-refractivity contribution is 6.04. The fraction of sp³-hybridized carbons (Fsp3) is 0. The molecule has 0 amide bonds. The number of para-hydroxylation sites is 1. The molecule has 0 aliphatic carbocycles. The number of aromatic hydroxyl groups is 1. The molecule has 0 fully saturated rings. The summed E-state index contributed by atoms with van der Waals surface area (Å²) in [6.07, 6.45) is 0. The van der Waals surface area contributed by atoms with Gasteiger partial charge in [-0.2, -0.15) is 0 Å². The van der Waals surface area contributed by atoms with Crippen LogP contribution in [0.4, 0.5) is 0 Å². The van der Waals surface area contributed by atoms with Crippen molar-refractivity contribution in [3.63, 3.8) is 0 Å². The van der Waals surface area contributed by atoms with Gasteiger partial charge in [0, 0.05) is 11.5 Å². The Morgan fingerprint density at radius 1 is 1.26 bits per heavy atom. The van der Waals surface area contributed by atoms with Crippen LogP contribution < -0.4 is 5.43 Å². The minimum Gasteiger partial charge on any atom is -0.493 e. The average molecular weight is 257 g/mol. The van der Waals surface area contributed by atoms with E-state index < -0.39 is 23.0 Å². The third-order valence-corrected chi connectivity index (χ3v) is 2.76. The molecule has 0 spiro atoms. The van der Waals surface area contributed by atoms with E-state index in [1.54, 1.807) is 24.3 Å². The molecule has 6 heteroatoms. The number of hydrogen-bond donors (Lipinski definition) is 2. The monoisotopic (exact) mass is 257 g/mol. The van der Waals surface area contributed by atoms with Crippen molar-refractivity contribution in [3.05, 3.63) is 46.3 Å². The van der Waals surface area contributed by atoms with E-state index in [0.29, 0.717) is 10.9 Å². The average Bonchev–Trinajstić information content (AvgIpc) is 2.38. The normalized spacial score (nSPS) is 10.9. The van der Waals surface area contributed by atoms with Crippen LogP contribution >= 0.6 is 0 Å². The maximum atomic E-state index is 11.8. The summed E-state index contributed by atoms with van der Waals surface area (Å²) in [6.45, 7) is 0. The van der Waals surface area contributed by atoms with Crippen molar-refractivity contribution in [2.75, 3.05) is 0 Å². The number of carboxylic acid groups (broad SMARTS) is 1. The molecule has 0 aliphatic heterocycles. The summed E-state index contributed by atoms with van der Waals surface area (Å²) in [5.74, 6) is -2.30. The van der Waals surface area contributed by atoms with Gasteiger partial charge in [0.1, 0.15) is 5.39 Å². The molecule has 3 aromatic rings. The number of carboxylic acids is 1. The van der Waals surface area contributed by atoms with Crippen LogP contribution in [-0.4, -0.2) is 21.2 Å². The predicted octanol–water partition coefficient (Wildman–Crippen LogP) is 1.74. The number of fused-ring (bicyclic) bond motifs is 3. The number of hydrogen-bond acceptors (Lipinski definition) is 5. The summed E-state index contributed by atoms with van der Waals surface area (Å²) in [5.41, 5.74) is -0.208. The van der Waals surface area contributed by atoms with Gasteiger partial charge in [-0.25, -0.2) is 9.78 Å². The molecule has 94 valence electrons. The van der Waals surface area contributed by atoms with Gasteiger partial charge in [-0.15, -0.1) is 0 Å². The molecule has 0 bridgehead atoms. The van der Waals surface area contributed by atoms with Crippen molar-refractivity contribution < 1.29 is 19.4 Å². The first-order chi connectivity index (χ1) is 9.08. The summed E-state index contributed by atoms with van der Waals surface area (Å²) in [4.78, 5) is 26.6. The molecule has 19 heavy (non-hydrogen) atoms. The van der Waals surface area contributed by atoms with E-state index in [1.807, 2.05) is 0 Å². The highest BCUT2D eigenvalue weighted by Gasteiger charge is 2.16. The number of carbonyl (C=O) groups is 1. The summed E-state index contributed by atoms with van der Waals surface area (Å²) in [6, 6.07) is 7.50. The van der Waals surface area contributed by atoms with Crippen molar-refractivity contribution in [1.29, 1.82) is 0 Å². The van der Waals surface area contributed by atoms with E-state index >= 15 is 0 Å². The van der Waals surface area contributed by atoms with Crippen LogP contribution in [0.2, 0.25) is 0 Å². The number of aromatic nitrogens is 1. The first kappa shape index (κ1) is 11.2. The van der Waals surface area contributed by atoms with Crippen LogP contribution in [0.15, 0.2) is 39.5 Å². The first-order valence-electron chi connectivity index (χ1n) is 5.37. The van der Waals surface area contributed by atoms with E-state index in [4.69, 9.17) is 9.52 Å². The number of nitrogens with zero attached hydrogens (tertiary/aromatic N) is 1. The molecule has 0 atom stereocenters. The Morgan fingerprint density at radius 2 is 2.00 bits per heavy atom. The Kier molecular flexibility index (Phi) is 2.25. The summed E-state index contributed by atoms with van der Waals surface area (Å²) in [7, 11) is 0. The number of benzene rings is 1. The van der Waals surface area contributed by atoms with Crippen molar-refractivity contribution >= 4 is 27.8 Å². The Balaban J connectivity index is 2.61. The molecule has 0 saturated heterocycles. The summed E-state index contributed by atoms with van der Waals surface area (Å²) >= 11 is 0. The lowest BCUT2D eigenvalue weighted by molar-refractivity contribution is 0.0663. The van der Waals surface area contributed by atoms with Crippen LogP contribution in [0, 0.1) is 0 Å². The predicted molar refractivity (Wildman–Crippen MR) is 66.4 cm³/mol. The van der Waals surface area contributed by atoms with E-state index in [0.717, 1.165) is 6.07 Å². The van der Waals surface area contributed by atoms with Crippen molar-refractivity contribution in [3.8, 4) is 5.88 Å². The van der Waals surface area contributed by atoms with Gasteiger partial charge in [0.15, 0.2) is 11.0 Å². The molecule has 2 heterocycles. The van der Waals surface area contributed by atoms with Crippen molar-refractivity contribution in [2.45, 2.75) is 0 Å². The van der Waals surface area contributed by atoms with Crippen molar-refractivity contribution in [2.24, 2.45) is 0 Å². The smallest absolute Gasteiger partial charge is 0.371 e. The second-order valence-corrected chi connectivity index (χ2v) is 3.94. The minimum atomic E-state index is -1.35. The highest BCUT2D eigenvalue weighted by atomic mass is 16.4. The standard InChI is InChI=1S/C13H7NO5/c15-8-5-9(13(17)18)19-11-6-3-1-2-4-7(6)14-12(16)10(8)11/h1-5H,(H,14,16)(H,17,18). The van der Waals surface area contributed by atoms with Crippen LogP contribution in [-0.2, 0) is 0 Å². The van der Waals surface area contributed by atoms with Crippen LogP contribution in [0.5, 0.6) is 5.88 Å². The third-order valence-electron chi connectivity index (χ3n) is 2.76. The summed E-state index contributed by atoms with van der Waals surface area (Å²) < 4.78 is 5.20. The van der Waals surface area contributed by atoms with E-state index in [2.05, 4.69) is 4.98 Å². The quantitative estimate of drug-likeness (QED) is 0.644. The van der Waals surface area contributed by atoms with Crippen LogP contribution in [0.1, 0.15) is 10.6 Å². The molecule has 0 saturated carbocycles. The molecule has 0 unspecified atom stereocenters. The third kappa shape index (κ3) is 1.61. The lowest BCUT2D eigenvalue weighted by atomic mass is 10.1. The number of aromatic carboxylic acids is 1. The number of pyridine rings is 1. The molecule has 2 N–H and O–H groups in total. The minimum absolute atomic E-state index is 0.0213. The first-order valence-corrected chi connectivity index (χ1v) is 5.37. The van der Waals surface area contributed by atoms with Gasteiger partial charge < -0.3 is 14.6 Å². The van der Waals surface area contributed by atoms with Crippen molar-refractivity contribution in [1.82, 2.24) is 4.98 Å². The molecule has 2 aromatic heterocycles. The Labute approximate surface area is 105 Å². The molecule has 0 aliphatic rings. The second-order valence-electron chi connectivity index (χ2n) is 3.94. The van der Waals surface area contributed by atoms with Gasteiger partial charge in [0.2, 0.25) is 11.6 Å². The van der Waals surface area contributed by atoms with Crippen LogP contribution in [0.25, 0.3) is 21.9 Å². The fourth-order valence-electron chi connectivity index (χ4n) is 1.93. The van der Waals surface area contributed by atoms with Gasteiger partial charge in [-0.1, -0.05) is 12.1 Å². The lowest BCUT2D eigenvalue weighted by Gasteiger charge is -2.04. The lowest BCUT2D eigenvalue weighted by Crippen LogP contribution is -2.07. The van der Waals surface area contributed by atoms with E-state index in [9.17, 15) is 14.7 Å². The Bertz CT molecular complexity index is 881. The largest absolute Gasteiger partial charge is 0.493 e. The van der Waals surface area contributed by atoms with Gasteiger partial charge in [0.05, 0.1) is 5.52 Å². The van der Waals surface area contributed by atoms with E-state index in [1.165, 1.54) is 0 Å². The van der Waals surface area contributed by atoms with Gasteiger partial charge in [-0.05, 0) is 12.1 Å². The second kappa shape index (κ2) is 3.81. The van der Waals surface area contributed by atoms with Gasteiger partial charge >= 0.3 is 5.97 Å². The highest BCUT2D eigenvalue weighted by Crippen LogP contribution is 2.28. The van der Waals surface area contributed by atoms with E-state index in [-0.39, 0.29) is 11.0 Å². The summed E-state index contributed by atoms with van der Waals surface area (Å²) in [5, 5.41) is 19.0. The number of rotatable bonds is 1. The zero-order valence-corrected chi connectivity index (χ0v) is 9.45. The fourth-order valence-corrected chi connectivity index (χ4v) is 1.93. The Morgan fingerprint density at radius 3 is 2.74 bits per heavy atom. The van der Waals surface area contributed by atoms with Gasteiger partial charge in [0.25, 0.3) is 0 Å². The van der Waals surface area contributed by atoms with Gasteiger partial charge in [-0.3, -0.25) is 4.79 Å². The zero-order chi connectivity index (χ0) is 13.6. The topological polar surface area (TPSA) is 101 Å². The molecule has 3 rings (SSSR count). The Hall–Kier alpha value is -2.89. The maximum absolute atomic E-state index is 11.8. The SMILES string of the molecule is O=C(O)c1cc(=O)c2c(O)nc3ccccc3c2o1. The van der Waals surface area contributed by atoms with Crippen LogP contribution in [0.3, 0.4) is 0 Å². The molecule has 0 radical (unpaired) electrons. The maximum Gasteiger partial charge on any atom is 0.371 e. The molecule has 6 nitrogen and oxygen atoms in total. The molecular formula is C13H7NO5. The molecular weight excluding hydrogens is 250 g/mol.